The number of hydrogen-bond donors (Lipinski definition) is 0. The number of benzene rings is 3. The summed E-state index contributed by atoms with van der Waals surface area (Å²) in [6.07, 6.45) is 0. The van der Waals surface area contributed by atoms with Crippen LogP contribution in [0.1, 0.15) is 35.7 Å². The third kappa shape index (κ3) is 4.56. The average molecular weight is 460 g/mol. The van der Waals surface area contributed by atoms with Crippen molar-refractivity contribution < 1.29 is 9.72 Å². The van der Waals surface area contributed by atoms with Crippen LogP contribution in [0.15, 0.2) is 82.7 Å². The third-order valence-corrected chi connectivity index (χ3v) is 6.19. The maximum atomic E-state index is 13.5. The summed E-state index contributed by atoms with van der Waals surface area (Å²) in [6.45, 7) is 4.11. The van der Waals surface area contributed by atoms with Gasteiger partial charge < -0.3 is 0 Å². The number of thioether (sulfide) groups is 1. The Hall–Kier alpha value is -3.78. The van der Waals surface area contributed by atoms with Gasteiger partial charge in [0, 0.05) is 17.7 Å². The zero-order valence-electron chi connectivity index (χ0n) is 18.1. The van der Waals surface area contributed by atoms with E-state index in [-0.39, 0.29) is 34.3 Å². The Labute approximate surface area is 194 Å². The number of carbonyl (C=O) groups is 1. The number of para-hydroxylation sites is 2. The van der Waals surface area contributed by atoms with E-state index in [0.29, 0.717) is 16.1 Å². The molecule has 0 aliphatic carbocycles. The highest BCUT2D eigenvalue weighted by molar-refractivity contribution is 7.99. The zero-order chi connectivity index (χ0) is 23.5. The molecule has 4 aromatic rings. The Morgan fingerprint density at radius 2 is 1.79 bits per heavy atom. The highest BCUT2D eigenvalue weighted by Crippen LogP contribution is 2.27. The van der Waals surface area contributed by atoms with Crippen molar-refractivity contribution in [3.05, 3.63) is 104 Å². The van der Waals surface area contributed by atoms with Crippen LogP contribution < -0.4 is 5.56 Å². The summed E-state index contributed by atoms with van der Waals surface area (Å²) in [5, 5.41) is 11.9. The molecule has 0 aliphatic heterocycles. The largest absolute Gasteiger partial charge is 0.293 e. The lowest BCUT2D eigenvalue weighted by atomic mass is 10.0. The number of nitro groups is 1. The van der Waals surface area contributed by atoms with Gasteiger partial charge in [0.15, 0.2) is 10.9 Å². The standard InChI is InChI=1S/C25H21N3O4S/c1-16(2)19-10-4-6-13-22(19)27-24(30)20-11-3-5-12-21(20)26-25(27)33-15-23(29)17-8-7-9-18(14-17)28(31)32/h3-14,16H,15H2,1-2H3. The molecule has 0 atom stereocenters. The van der Waals surface area contributed by atoms with Gasteiger partial charge in [-0.05, 0) is 29.7 Å². The number of nitro benzene ring substituents is 1. The first kappa shape index (κ1) is 22.4. The van der Waals surface area contributed by atoms with Crippen molar-refractivity contribution in [3.63, 3.8) is 0 Å². The fourth-order valence-electron chi connectivity index (χ4n) is 3.61. The maximum absolute atomic E-state index is 13.5. The van der Waals surface area contributed by atoms with E-state index in [9.17, 15) is 19.7 Å². The highest BCUT2D eigenvalue weighted by Gasteiger charge is 2.19. The molecule has 1 aromatic heterocycles. The van der Waals surface area contributed by atoms with E-state index in [1.807, 2.05) is 30.3 Å². The summed E-state index contributed by atoms with van der Waals surface area (Å²) in [4.78, 5) is 41.5. The van der Waals surface area contributed by atoms with E-state index in [1.165, 1.54) is 18.2 Å². The molecule has 8 heteroatoms. The minimum atomic E-state index is -0.532. The molecule has 3 aromatic carbocycles. The second-order valence-electron chi connectivity index (χ2n) is 7.78. The maximum Gasteiger partial charge on any atom is 0.270 e. The fourth-order valence-corrected chi connectivity index (χ4v) is 4.51. The molecule has 7 nitrogen and oxygen atoms in total. The van der Waals surface area contributed by atoms with Gasteiger partial charge in [-0.15, -0.1) is 0 Å². The molecule has 0 radical (unpaired) electrons. The lowest BCUT2D eigenvalue weighted by Crippen LogP contribution is -2.23. The quantitative estimate of drug-likeness (QED) is 0.121. The summed E-state index contributed by atoms with van der Waals surface area (Å²) < 4.78 is 1.56. The molecule has 4 rings (SSSR count). The van der Waals surface area contributed by atoms with Gasteiger partial charge in [-0.1, -0.05) is 68.1 Å². The molecule has 0 saturated heterocycles. The number of Topliss-reactive ketones (excluding diaryl/α,β-unsaturated/α-hetero) is 1. The summed E-state index contributed by atoms with van der Waals surface area (Å²) in [5.41, 5.74) is 2.15. The van der Waals surface area contributed by atoms with E-state index >= 15 is 0 Å². The van der Waals surface area contributed by atoms with Crippen molar-refractivity contribution in [3.8, 4) is 5.69 Å². The zero-order valence-corrected chi connectivity index (χ0v) is 18.9. The lowest BCUT2D eigenvalue weighted by molar-refractivity contribution is -0.384. The van der Waals surface area contributed by atoms with E-state index in [1.54, 1.807) is 28.8 Å². The Balaban J connectivity index is 1.78. The van der Waals surface area contributed by atoms with Gasteiger partial charge >= 0.3 is 0 Å². The van der Waals surface area contributed by atoms with E-state index in [2.05, 4.69) is 18.8 Å². The van der Waals surface area contributed by atoms with Crippen molar-refractivity contribution >= 4 is 34.1 Å². The van der Waals surface area contributed by atoms with Crippen LogP contribution in [-0.4, -0.2) is 26.0 Å². The Kier molecular flexibility index (Phi) is 6.37. The van der Waals surface area contributed by atoms with E-state index < -0.39 is 4.92 Å². The SMILES string of the molecule is CC(C)c1ccccc1-n1c(SCC(=O)c2cccc([N+](=O)[O-])c2)nc2ccccc2c1=O. The van der Waals surface area contributed by atoms with Crippen LogP contribution in [-0.2, 0) is 0 Å². The summed E-state index contributed by atoms with van der Waals surface area (Å²) in [7, 11) is 0. The second kappa shape index (κ2) is 9.38. The van der Waals surface area contributed by atoms with Crippen LogP contribution in [0.4, 0.5) is 5.69 Å². The molecule has 0 saturated carbocycles. The predicted molar refractivity (Wildman–Crippen MR) is 130 cm³/mol. The van der Waals surface area contributed by atoms with Crippen molar-refractivity contribution in [1.82, 2.24) is 9.55 Å². The van der Waals surface area contributed by atoms with Crippen molar-refractivity contribution in [1.29, 1.82) is 0 Å². The number of hydrogen-bond acceptors (Lipinski definition) is 6. The minimum Gasteiger partial charge on any atom is -0.293 e. The van der Waals surface area contributed by atoms with Gasteiger partial charge in [-0.3, -0.25) is 24.3 Å². The first-order valence-corrected chi connectivity index (χ1v) is 11.4. The Bertz CT molecular complexity index is 1430. The highest BCUT2D eigenvalue weighted by atomic mass is 32.2. The molecule has 0 aliphatic rings. The van der Waals surface area contributed by atoms with Gasteiger partial charge in [-0.25, -0.2) is 4.98 Å². The van der Waals surface area contributed by atoms with Crippen molar-refractivity contribution in [2.75, 3.05) is 5.75 Å². The lowest BCUT2D eigenvalue weighted by Gasteiger charge is -2.18. The molecule has 0 spiro atoms. The topological polar surface area (TPSA) is 95.1 Å². The molecule has 1 heterocycles. The Morgan fingerprint density at radius 1 is 1.06 bits per heavy atom. The molecule has 0 unspecified atom stereocenters. The van der Waals surface area contributed by atoms with Crippen molar-refractivity contribution in [2.45, 2.75) is 24.9 Å². The normalized spacial score (nSPS) is 11.1. The van der Waals surface area contributed by atoms with E-state index in [0.717, 1.165) is 23.0 Å². The van der Waals surface area contributed by atoms with Crippen molar-refractivity contribution in [2.24, 2.45) is 0 Å². The first-order valence-electron chi connectivity index (χ1n) is 10.4. The average Bonchev–Trinajstić information content (AvgIpc) is 2.82. The smallest absolute Gasteiger partial charge is 0.270 e. The van der Waals surface area contributed by atoms with Gasteiger partial charge in [0.1, 0.15) is 0 Å². The number of carbonyl (C=O) groups excluding carboxylic acids is 1. The van der Waals surface area contributed by atoms with E-state index in [4.69, 9.17) is 0 Å². The van der Waals surface area contributed by atoms with Crippen LogP contribution in [0, 0.1) is 10.1 Å². The van der Waals surface area contributed by atoms with Crippen LogP contribution in [0.25, 0.3) is 16.6 Å². The minimum absolute atomic E-state index is 0.0181. The number of non-ortho nitro benzene ring substituents is 1. The van der Waals surface area contributed by atoms with Crippen LogP contribution in [0.5, 0.6) is 0 Å². The molecule has 33 heavy (non-hydrogen) atoms. The molecular formula is C25H21N3O4S. The number of fused-ring (bicyclic) bond motifs is 1. The molecule has 166 valence electrons. The number of rotatable bonds is 7. The predicted octanol–water partition coefficient (Wildman–Crippen LogP) is 5.39. The van der Waals surface area contributed by atoms with Gasteiger partial charge in [-0.2, -0.15) is 0 Å². The molecular weight excluding hydrogens is 438 g/mol. The molecule has 0 amide bonds. The second-order valence-corrected chi connectivity index (χ2v) is 8.73. The molecule has 0 bridgehead atoms. The van der Waals surface area contributed by atoms with Crippen LogP contribution in [0.2, 0.25) is 0 Å². The number of ketones is 1. The summed E-state index contributed by atoms with van der Waals surface area (Å²) >= 11 is 1.14. The van der Waals surface area contributed by atoms with Crippen LogP contribution in [0.3, 0.4) is 0 Å². The number of aromatic nitrogens is 2. The fraction of sp³-hybridized carbons (Fsp3) is 0.160. The summed E-state index contributed by atoms with van der Waals surface area (Å²) in [5.74, 6) is -0.130. The molecule has 0 fully saturated rings. The third-order valence-electron chi connectivity index (χ3n) is 5.26. The van der Waals surface area contributed by atoms with Gasteiger partial charge in [0.2, 0.25) is 0 Å². The Morgan fingerprint density at radius 3 is 2.55 bits per heavy atom. The monoisotopic (exact) mass is 459 g/mol. The number of nitrogens with zero attached hydrogens (tertiary/aromatic N) is 3. The summed E-state index contributed by atoms with van der Waals surface area (Å²) in [6, 6.07) is 20.4. The van der Waals surface area contributed by atoms with Gasteiger partial charge in [0.25, 0.3) is 11.2 Å². The van der Waals surface area contributed by atoms with Gasteiger partial charge in [0.05, 0.1) is 27.3 Å². The molecule has 0 N–H and O–H groups in total. The first-order chi connectivity index (χ1) is 15.9. The van der Waals surface area contributed by atoms with Crippen LogP contribution >= 0.6 is 11.8 Å².